The second kappa shape index (κ2) is 6.94. The highest BCUT2D eigenvalue weighted by Crippen LogP contribution is 2.39. The Morgan fingerprint density at radius 2 is 1.76 bits per heavy atom. The number of ether oxygens (including phenoxy) is 4. The monoisotopic (exact) mass is 372 g/mol. The van der Waals surface area contributed by atoms with Gasteiger partial charge in [0, 0.05) is 0 Å². The van der Waals surface area contributed by atoms with Gasteiger partial charge in [-0.1, -0.05) is 30.3 Å². The van der Waals surface area contributed by atoms with Crippen LogP contribution in [0.15, 0.2) is 30.3 Å². The Balaban J connectivity index is 1.76. The standard InChI is InChI=1S/C17H24O7S/c1-11-13(24-25(4,18)19)14-15(23-17(2,3)22-14)16(21-11)20-10-12-8-6-5-7-9-12/h5-9,11,13-16H,10H2,1-4H3/t11-,13-,14+,15+,16+/m0/s1. The first kappa shape index (κ1) is 18.8. The Morgan fingerprint density at radius 1 is 1.12 bits per heavy atom. The van der Waals surface area contributed by atoms with Crippen molar-refractivity contribution >= 4 is 10.1 Å². The third-order valence-electron chi connectivity index (χ3n) is 4.11. The van der Waals surface area contributed by atoms with E-state index < -0.39 is 46.6 Å². The molecule has 2 aliphatic rings. The average molecular weight is 372 g/mol. The van der Waals surface area contributed by atoms with E-state index in [0.717, 1.165) is 11.8 Å². The highest BCUT2D eigenvalue weighted by molar-refractivity contribution is 7.86. The smallest absolute Gasteiger partial charge is 0.264 e. The molecule has 3 rings (SSSR count). The van der Waals surface area contributed by atoms with Crippen LogP contribution in [0.4, 0.5) is 0 Å². The number of rotatable bonds is 5. The molecule has 2 fully saturated rings. The van der Waals surface area contributed by atoms with Crippen LogP contribution >= 0.6 is 0 Å². The molecule has 1 aromatic rings. The number of fused-ring (bicyclic) bond motifs is 1. The molecule has 0 N–H and O–H groups in total. The molecule has 7 nitrogen and oxygen atoms in total. The van der Waals surface area contributed by atoms with Crippen LogP contribution in [0.2, 0.25) is 0 Å². The molecule has 2 aliphatic heterocycles. The fraction of sp³-hybridized carbons (Fsp3) is 0.647. The lowest BCUT2D eigenvalue weighted by molar-refractivity contribution is -0.271. The van der Waals surface area contributed by atoms with Crippen molar-refractivity contribution in [2.24, 2.45) is 0 Å². The van der Waals surface area contributed by atoms with Crippen molar-refractivity contribution in [1.29, 1.82) is 0 Å². The predicted octanol–water partition coefficient (Wildman–Crippen LogP) is 1.81. The SMILES string of the molecule is C[C@@H]1O[C@@H](OCc2ccccc2)[C@@H]2OC(C)(C)O[C@@H]2[C@H]1OS(C)(=O)=O. The minimum absolute atomic E-state index is 0.350. The van der Waals surface area contributed by atoms with E-state index in [-0.39, 0.29) is 0 Å². The van der Waals surface area contributed by atoms with Gasteiger partial charge in [-0.3, -0.25) is 4.18 Å². The fourth-order valence-electron chi connectivity index (χ4n) is 3.14. The Labute approximate surface area is 148 Å². The first-order valence-corrected chi connectivity index (χ1v) is 10.0. The maximum absolute atomic E-state index is 11.6. The maximum atomic E-state index is 11.6. The first-order chi connectivity index (χ1) is 11.6. The summed E-state index contributed by atoms with van der Waals surface area (Å²) >= 11 is 0. The summed E-state index contributed by atoms with van der Waals surface area (Å²) in [5.41, 5.74) is 1.00. The Kier molecular flexibility index (Phi) is 5.21. The summed E-state index contributed by atoms with van der Waals surface area (Å²) in [5, 5.41) is 0. The molecule has 2 heterocycles. The van der Waals surface area contributed by atoms with E-state index in [1.54, 1.807) is 20.8 Å². The molecule has 0 saturated carbocycles. The summed E-state index contributed by atoms with van der Waals surface area (Å²) in [7, 11) is -3.66. The normalized spacial score (nSPS) is 34.6. The Hall–Kier alpha value is -1.03. The minimum Gasteiger partial charge on any atom is -0.345 e. The highest BCUT2D eigenvalue weighted by Gasteiger charge is 2.56. The molecule has 2 saturated heterocycles. The summed E-state index contributed by atoms with van der Waals surface area (Å²) in [6.45, 7) is 5.62. The van der Waals surface area contributed by atoms with E-state index in [1.165, 1.54) is 0 Å². The number of hydrogen-bond acceptors (Lipinski definition) is 7. The minimum atomic E-state index is -3.66. The second-order valence-corrected chi connectivity index (χ2v) is 8.44. The zero-order valence-electron chi connectivity index (χ0n) is 14.7. The number of hydrogen-bond donors (Lipinski definition) is 0. The van der Waals surface area contributed by atoms with Crippen molar-refractivity contribution in [3.63, 3.8) is 0 Å². The van der Waals surface area contributed by atoms with Crippen molar-refractivity contribution < 1.29 is 31.5 Å². The zero-order chi connectivity index (χ0) is 18.2. The third kappa shape index (κ3) is 4.58. The van der Waals surface area contributed by atoms with Gasteiger partial charge in [0.2, 0.25) is 0 Å². The molecule has 8 heteroatoms. The molecule has 25 heavy (non-hydrogen) atoms. The van der Waals surface area contributed by atoms with Crippen LogP contribution in [-0.4, -0.2) is 51.2 Å². The fourth-order valence-corrected chi connectivity index (χ4v) is 3.81. The molecule has 0 spiro atoms. The zero-order valence-corrected chi connectivity index (χ0v) is 15.6. The molecule has 0 aliphatic carbocycles. The van der Waals surface area contributed by atoms with Crippen LogP contribution in [0.5, 0.6) is 0 Å². The quantitative estimate of drug-likeness (QED) is 0.729. The van der Waals surface area contributed by atoms with Crippen molar-refractivity contribution in [3.8, 4) is 0 Å². The van der Waals surface area contributed by atoms with Gasteiger partial charge in [-0.2, -0.15) is 8.42 Å². The lowest BCUT2D eigenvalue weighted by Crippen LogP contribution is -2.57. The van der Waals surface area contributed by atoms with E-state index in [4.69, 9.17) is 23.1 Å². The molecule has 1 aromatic carbocycles. The van der Waals surface area contributed by atoms with Crippen LogP contribution in [0.1, 0.15) is 26.3 Å². The van der Waals surface area contributed by atoms with Crippen LogP contribution in [0.25, 0.3) is 0 Å². The summed E-state index contributed by atoms with van der Waals surface area (Å²) in [4.78, 5) is 0. The van der Waals surface area contributed by atoms with E-state index >= 15 is 0 Å². The van der Waals surface area contributed by atoms with Gasteiger partial charge in [-0.05, 0) is 26.3 Å². The molecule has 0 radical (unpaired) electrons. The van der Waals surface area contributed by atoms with Crippen molar-refractivity contribution in [2.45, 2.75) is 63.9 Å². The van der Waals surface area contributed by atoms with Crippen molar-refractivity contribution in [1.82, 2.24) is 0 Å². The van der Waals surface area contributed by atoms with Crippen LogP contribution in [-0.2, 0) is 39.9 Å². The Bertz CT molecular complexity index is 688. The van der Waals surface area contributed by atoms with Crippen LogP contribution in [0, 0.1) is 0 Å². The molecule has 0 bridgehead atoms. The summed E-state index contributed by atoms with van der Waals surface area (Å²) in [5.74, 6) is -0.879. The maximum Gasteiger partial charge on any atom is 0.264 e. The molecular weight excluding hydrogens is 348 g/mol. The molecular formula is C17H24O7S. The van der Waals surface area contributed by atoms with Crippen molar-refractivity contribution in [2.75, 3.05) is 6.26 Å². The van der Waals surface area contributed by atoms with Gasteiger partial charge in [0.1, 0.15) is 18.3 Å². The number of benzene rings is 1. The van der Waals surface area contributed by atoms with E-state index in [9.17, 15) is 8.42 Å². The van der Waals surface area contributed by atoms with Crippen molar-refractivity contribution in [3.05, 3.63) is 35.9 Å². The summed E-state index contributed by atoms with van der Waals surface area (Å²) in [6.07, 6.45) is -2.18. The summed E-state index contributed by atoms with van der Waals surface area (Å²) in [6, 6.07) is 9.70. The molecule has 0 unspecified atom stereocenters. The Morgan fingerprint density at radius 3 is 2.40 bits per heavy atom. The van der Waals surface area contributed by atoms with Crippen LogP contribution in [0.3, 0.4) is 0 Å². The van der Waals surface area contributed by atoms with E-state index in [1.807, 2.05) is 30.3 Å². The second-order valence-electron chi connectivity index (χ2n) is 6.84. The molecule has 0 aromatic heterocycles. The van der Waals surface area contributed by atoms with Gasteiger partial charge in [-0.25, -0.2) is 0 Å². The van der Waals surface area contributed by atoms with Gasteiger partial charge in [-0.15, -0.1) is 0 Å². The lowest BCUT2D eigenvalue weighted by Gasteiger charge is -2.39. The van der Waals surface area contributed by atoms with Crippen LogP contribution < -0.4 is 0 Å². The van der Waals surface area contributed by atoms with Gasteiger partial charge in [0.15, 0.2) is 12.1 Å². The topological polar surface area (TPSA) is 80.3 Å². The van der Waals surface area contributed by atoms with E-state index in [2.05, 4.69) is 0 Å². The molecule has 140 valence electrons. The lowest BCUT2D eigenvalue weighted by atomic mass is 10.00. The van der Waals surface area contributed by atoms with Gasteiger partial charge in [0.05, 0.1) is 19.0 Å². The molecule has 5 atom stereocenters. The summed E-state index contributed by atoms with van der Waals surface area (Å²) < 4.78 is 51.9. The highest BCUT2D eigenvalue weighted by atomic mass is 32.2. The molecule has 0 amide bonds. The first-order valence-electron chi connectivity index (χ1n) is 8.19. The average Bonchev–Trinajstić information content (AvgIpc) is 2.84. The van der Waals surface area contributed by atoms with Gasteiger partial charge in [0.25, 0.3) is 10.1 Å². The van der Waals surface area contributed by atoms with E-state index in [0.29, 0.717) is 6.61 Å². The van der Waals surface area contributed by atoms with Gasteiger partial charge >= 0.3 is 0 Å². The van der Waals surface area contributed by atoms with Gasteiger partial charge < -0.3 is 18.9 Å². The largest absolute Gasteiger partial charge is 0.345 e. The third-order valence-corrected chi connectivity index (χ3v) is 4.68. The predicted molar refractivity (Wildman–Crippen MR) is 89.1 cm³/mol.